The smallest absolute Gasteiger partial charge is 0.407 e. The third-order valence-electron chi connectivity index (χ3n) is 2.77. The van der Waals surface area contributed by atoms with Crippen LogP contribution in [0.2, 0.25) is 0 Å². The van der Waals surface area contributed by atoms with Crippen molar-refractivity contribution in [2.45, 2.75) is 46.3 Å². The highest BCUT2D eigenvalue weighted by Gasteiger charge is 2.15. The Morgan fingerprint density at radius 1 is 1.09 bits per heavy atom. The van der Waals surface area contributed by atoms with Gasteiger partial charge in [0.1, 0.15) is 5.60 Å². The van der Waals surface area contributed by atoms with E-state index in [4.69, 9.17) is 4.74 Å². The number of hydrogen-bond donors (Lipinski definition) is 2. The summed E-state index contributed by atoms with van der Waals surface area (Å²) in [5, 5.41) is 5.42. The number of hydrogen-bond acceptors (Lipinski definition) is 3. The molecule has 0 radical (unpaired) electrons. The summed E-state index contributed by atoms with van der Waals surface area (Å²) in [6.45, 7) is 7.94. The van der Waals surface area contributed by atoms with E-state index in [1.54, 1.807) is 6.92 Å². The molecule has 124 valence electrons. The van der Waals surface area contributed by atoms with Crippen LogP contribution in [0.15, 0.2) is 24.3 Å². The van der Waals surface area contributed by atoms with Crippen LogP contribution in [-0.4, -0.2) is 24.1 Å². The van der Waals surface area contributed by atoms with Crippen molar-refractivity contribution < 1.29 is 14.3 Å². The van der Waals surface area contributed by atoms with E-state index in [0.717, 1.165) is 11.1 Å². The molecule has 2 amide bonds. The maximum absolute atomic E-state index is 11.7. The van der Waals surface area contributed by atoms with Crippen LogP contribution in [0.1, 0.15) is 38.8 Å². The predicted octanol–water partition coefficient (Wildman–Crippen LogP) is 2.39. The van der Waals surface area contributed by atoms with E-state index in [1.807, 2.05) is 45.0 Å². The van der Waals surface area contributed by atoms with E-state index >= 15 is 0 Å². The fourth-order valence-electron chi connectivity index (χ4n) is 1.74. The molecule has 0 saturated carbocycles. The minimum atomic E-state index is -0.510. The minimum Gasteiger partial charge on any atom is -0.444 e. The van der Waals surface area contributed by atoms with E-state index < -0.39 is 11.7 Å². The fraction of sp³-hybridized carbons (Fsp3) is 0.444. The summed E-state index contributed by atoms with van der Waals surface area (Å²) in [7, 11) is 0. The van der Waals surface area contributed by atoms with Crippen LogP contribution < -0.4 is 10.6 Å². The van der Waals surface area contributed by atoms with E-state index in [0.29, 0.717) is 19.5 Å². The molecule has 1 aromatic carbocycles. The second-order valence-electron chi connectivity index (χ2n) is 6.05. The number of amides is 2. The maximum Gasteiger partial charge on any atom is 0.407 e. The van der Waals surface area contributed by atoms with E-state index in [-0.39, 0.29) is 5.91 Å². The van der Waals surface area contributed by atoms with Crippen molar-refractivity contribution >= 4 is 12.0 Å². The molecule has 0 aromatic heterocycles. The van der Waals surface area contributed by atoms with Gasteiger partial charge >= 0.3 is 6.09 Å². The highest BCUT2D eigenvalue weighted by atomic mass is 16.6. The van der Waals surface area contributed by atoms with Gasteiger partial charge in [-0.2, -0.15) is 0 Å². The first kappa shape index (κ1) is 18.6. The first-order valence-corrected chi connectivity index (χ1v) is 7.51. The van der Waals surface area contributed by atoms with Crippen LogP contribution >= 0.6 is 0 Å². The monoisotopic (exact) mass is 316 g/mol. The molecular formula is C18H24N2O3. The Hall–Kier alpha value is -2.48. The van der Waals surface area contributed by atoms with Crippen molar-refractivity contribution in [3.63, 3.8) is 0 Å². The summed E-state index contributed by atoms with van der Waals surface area (Å²) in [4.78, 5) is 23.2. The van der Waals surface area contributed by atoms with Gasteiger partial charge in [0.2, 0.25) is 5.91 Å². The average molecular weight is 316 g/mol. The Labute approximate surface area is 137 Å². The van der Waals surface area contributed by atoms with Gasteiger partial charge in [0.05, 0.1) is 13.0 Å². The lowest BCUT2D eigenvalue weighted by Crippen LogP contribution is -2.32. The predicted molar refractivity (Wildman–Crippen MR) is 89.7 cm³/mol. The zero-order chi connectivity index (χ0) is 17.3. The standard InChI is InChI=1S/C18H24N2O3/c1-5-6-11-19-16(21)12-14-7-9-15(10-8-14)13-20-17(22)23-18(2,3)4/h7-10H,11-13H2,1-4H3,(H,19,21)(H,20,22). The third kappa shape index (κ3) is 8.52. The number of carbonyl (C=O) groups excluding carboxylic acids is 2. The molecule has 0 saturated heterocycles. The van der Waals surface area contributed by atoms with Crippen LogP contribution in [0, 0.1) is 11.8 Å². The van der Waals surface area contributed by atoms with Crippen LogP contribution in [0.4, 0.5) is 4.79 Å². The Kier molecular flexibility index (Phi) is 7.14. The van der Waals surface area contributed by atoms with E-state index in [2.05, 4.69) is 22.5 Å². The van der Waals surface area contributed by atoms with Crippen LogP contribution in [0.5, 0.6) is 0 Å². The highest BCUT2D eigenvalue weighted by Crippen LogP contribution is 2.08. The summed E-state index contributed by atoms with van der Waals surface area (Å²) in [5.41, 5.74) is 1.34. The quantitative estimate of drug-likeness (QED) is 0.820. The second kappa shape index (κ2) is 8.84. The summed E-state index contributed by atoms with van der Waals surface area (Å²) in [6, 6.07) is 7.51. The maximum atomic E-state index is 11.7. The molecule has 5 nitrogen and oxygen atoms in total. The van der Waals surface area contributed by atoms with E-state index in [9.17, 15) is 9.59 Å². The normalized spacial score (nSPS) is 10.3. The largest absolute Gasteiger partial charge is 0.444 e. The van der Waals surface area contributed by atoms with Gasteiger partial charge in [-0.1, -0.05) is 30.2 Å². The molecule has 2 N–H and O–H groups in total. The topological polar surface area (TPSA) is 67.4 Å². The zero-order valence-electron chi connectivity index (χ0n) is 14.2. The first-order chi connectivity index (χ1) is 10.8. The third-order valence-corrected chi connectivity index (χ3v) is 2.77. The number of carbonyl (C=O) groups is 2. The van der Waals surface area contributed by atoms with Crippen LogP contribution in [0.3, 0.4) is 0 Å². The number of benzene rings is 1. The molecule has 0 aliphatic rings. The van der Waals surface area contributed by atoms with Crippen molar-refractivity contribution in [3.8, 4) is 11.8 Å². The molecule has 5 heteroatoms. The number of nitrogens with one attached hydrogen (secondary N) is 2. The average Bonchev–Trinajstić information content (AvgIpc) is 2.45. The number of rotatable bonds is 5. The van der Waals surface area contributed by atoms with E-state index in [1.165, 1.54) is 0 Å². The molecule has 1 aromatic rings. The van der Waals surface area contributed by atoms with Gasteiger partial charge in [0, 0.05) is 6.54 Å². The van der Waals surface area contributed by atoms with Gasteiger partial charge in [-0.05, 0) is 38.8 Å². The minimum absolute atomic E-state index is 0.0626. The van der Waals surface area contributed by atoms with Gasteiger partial charge < -0.3 is 15.4 Å². The Balaban J connectivity index is 2.42. The number of ether oxygens (including phenoxy) is 1. The summed E-state index contributed by atoms with van der Waals surface area (Å²) in [5.74, 6) is 5.44. The molecule has 0 aliphatic heterocycles. The molecule has 0 atom stereocenters. The molecule has 0 unspecified atom stereocenters. The first-order valence-electron chi connectivity index (χ1n) is 7.51. The lowest BCUT2D eigenvalue weighted by atomic mass is 10.1. The van der Waals surface area contributed by atoms with Gasteiger partial charge in [-0.3, -0.25) is 4.79 Å². The van der Waals surface area contributed by atoms with Crippen molar-refractivity contribution in [2.24, 2.45) is 0 Å². The SMILES string of the molecule is CC#CCNC(=O)Cc1ccc(CNC(=O)OC(C)(C)C)cc1. The Bertz CT molecular complexity index is 589. The fourth-order valence-corrected chi connectivity index (χ4v) is 1.74. The summed E-state index contributed by atoms with van der Waals surface area (Å²) in [6.07, 6.45) is -0.136. The summed E-state index contributed by atoms with van der Waals surface area (Å²) < 4.78 is 5.17. The lowest BCUT2D eigenvalue weighted by Gasteiger charge is -2.19. The molecule has 0 bridgehead atoms. The van der Waals surface area contributed by atoms with Crippen LogP contribution in [0.25, 0.3) is 0 Å². The molecule has 0 heterocycles. The molecule has 0 spiro atoms. The molecule has 1 rings (SSSR count). The molecule has 23 heavy (non-hydrogen) atoms. The lowest BCUT2D eigenvalue weighted by molar-refractivity contribution is -0.120. The van der Waals surface area contributed by atoms with Crippen molar-refractivity contribution in [2.75, 3.05) is 6.54 Å². The van der Waals surface area contributed by atoms with Gasteiger partial charge in [-0.25, -0.2) is 4.79 Å². The molecular weight excluding hydrogens is 292 g/mol. The molecule has 0 aliphatic carbocycles. The second-order valence-corrected chi connectivity index (χ2v) is 6.05. The zero-order valence-corrected chi connectivity index (χ0v) is 14.2. The van der Waals surface area contributed by atoms with Gasteiger partial charge in [0.15, 0.2) is 0 Å². The Morgan fingerprint density at radius 3 is 2.26 bits per heavy atom. The summed E-state index contributed by atoms with van der Waals surface area (Å²) >= 11 is 0. The number of alkyl carbamates (subject to hydrolysis) is 1. The van der Waals surface area contributed by atoms with Crippen molar-refractivity contribution in [3.05, 3.63) is 35.4 Å². The van der Waals surface area contributed by atoms with Crippen molar-refractivity contribution in [1.29, 1.82) is 0 Å². The van der Waals surface area contributed by atoms with Crippen LogP contribution in [-0.2, 0) is 22.5 Å². The van der Waals surface area contributed by atoms with Gasteiger partial charge in [0.25, 0.3) is 0 Å². The Morgan fingerprint density at radius 2 is 1.70 bits per heavy atom. The highest BCUT2D eigenvalue weighted by molar-refractivity contribution is 5.78. The van der Waals surface area contributed by atoms with Crippen molar-refractivity contribution in [1.82, 2.24) is 10.6 Å². The van der Waals surface area contributed by atoms with Gasteiger partial charge in [-0.15, -0.1) is 5.92 Å². The molecule has 0 fully saturated rings.